The summed E-state index contributed by atoms with van der Waals surface area (Å²) in [7, 11) is 0. The second-order valence-electron chi connectivity index (χ2n) is 5.96. The molecule has 1 aromatic rings. The summed E-state index contributed by atoms with van der Waals surface area (Å²) in [6.45, 7) is 5.72. The summed E-state index contributed by atoms with van der Waals surface area (Å²) in [5.41, 5.74) is 2.13. The highest BCUT2D eigenvalue weighted by Crippen LogP contribution is 2.20. The maximum atomic E-state index is 12.4. The first-order valence-corrected chi connectivity index (χ1v) is 8.10. The number of nitrogens with one attached hydrogen (secondary N) is 2. The van der Waals surface area contributed by atoms with Crippen molar-refractivity contribution in [1.29, 1.82) is 0 Å². The van der Waals surface area contributed by atoms with Gasteiger partial charge in [0.2, 0.25) is 0 Å². The number of hydrogen-bond donors (Lipinski definition) is 3. The molecule has 0 spiro atoms. The molecule has 1 heterocycles. The standard InChI is InChI=1S/C17H25N3O3/c1-3-18-16(22)14-6-7-15(12(2)9-14)19-17(23)20-8-4-5-13(10-20)11-21/h6-7,9,13,21H,3-5,8,10-11H2,1-2H3,(H,18,22)(H,19,23). The summed E-state index contributed by atoms with van der Waals surface area (Å²) in [4.78, 5) is 25.9. The number of likely N-dealkylation sites (tertiary alicyclic amines) is 1. The van der Waals surface area contributed by atoms with Gasteiger partial charge in [0.15, 0.2) is 0 Å². The third-order valence-electron chi connectivity index (χ3n) is 4.13. The van der Waals surface area contributed by atoms with Gasteiger partial charge in [0, 0.05) is 37.5 Å². The van der Waals surface area contributed by atoms with Crippen molar-refractivity contribution in [1.82, 2.24) is 10.2 Å². The van der Waals surface area contributed by atoms with E-state index in [9.17, 15) is 14.7 Å². The number of nitrogens with zero attached hydrogens (tertiary/aromatic N) is 1. The van der Waals surface area contributed by atoms with E-state index in [2.05, 4.69) is 10.6 Å². The lowest BCUT2D eigenvalue weighted by atomic mass is 9.99. The van der Waals surface area contributed by atoms with Crippen molar-refractivity contribution < 1.29 is 14.7 Å². The topological polar surface area (TPSA) is 81.7 Å². The van der Waals surface area contributed by atoms with Crippen LogP contribution < -0.4 is 10.6 Å². The molecule has 1 unspecified atom stereocenters. The van der Waals surface area contributed by atoms with Crippen LogP contribution in [-0.4, -0.2) is 48.2 Å². The molecule has 3 amide bonds. The Labute approximate surface area is 136 Å². The van der Waals surface area contributed by atoms with Gasteiger partial charge < -0.3 is 20.6 Å². The fourth-order valence-corrected chi connectivity index (χ4v) is 2.80. The third kappa shape index (κ3) is 4.45. The van der Waals surface area contributed by atoms with Crippen molar-refractivity contribution in [3.8, 4) is 0 Å². The Morgan fingerprint density at radius 3 is 2.83 bits per heavy atom. The number of hydrogen-bond acceptors (Lipinski definition) is 3. The molecule has 6 nitrogen and oxygen atoms in total. The van der Waals surface area contributed by atoms with Gasteiger partial charge in [-0.2, -0.15) is 0 Å². The number of carbonyl (C=O) groups excluding carboxylic acids is 2. The number of aliphatic hydroxyl groups is 1. The Balaban J connectivity index is 2.02. The predicted octanol–water partition coefficient (Wildman–Crippen LogP) is 1.98. The summed E-state index contributed by atoms with van der Waals surface area (Å²) in [5, 5.41) is 14.9. The Bertz CT molecular complexity index is 574. The highest BCUT2D eigenvalue weighted by molar-refractivity contribution is 5.96. The van der Waals surface area contributed by atoms with Gasteiger partial charge in [-0.25, -0.2) is 4.79 Å². The van der Waals surface area contributed by atoms with Gasteiger partial charge >= 0.3 is 6.03 Å². The number of rotatable bonds is 4. The minimum Gasteiger partial charge on any atom is -0.396 e. The first-order valence-electron chi connectivity index (χ1n) is 8.10. The van der Waals surface area contributed by atoms with Crippen LogP contribution in [-0.2, 0) is 0 Å². The van der Waals surface area contributed by atoms with E-state index >= 15 is 0 Å². The summed E-state index contributed by atoms with van der Waals surface area (Å²) < 4.78 is 0. The predicted molar refractivity (Wildman–Crippen MR) is 89.6 cm³/mol. The highest BCUT2D eigenvalue weighted by atomic mass is 16.3. The van der Waals surface area contributed by atoms with Crippen LogP contribution in [0.15, 0.2) is 18.2 Å². The third-order valence-corrected chi connectivity index (χ3v) is 4.13. The van der Waals surface area contributed by atoms with Crippen LogP contribution in [0.4, 0.5) is 10.5 Å². The first kappa shape index (κ1) is 17.3. The average Bonchev–Trinajstić information content (AvgIpc) is 2.56. The molecule has 0 bridgehead atoms. The van der Waals surface area contributed by atoms with Crippen LogP contribution in [0.3, 0.4) is 0 Å². The number of amides is 3. The van der Waals surface area contributed by atoms with Crippen LogP contribution in [0.25, 0.3) is 0 Å². The average molecular weight is 319 g/mol. The van der Waals surface area contributed by atoms with Crippen molar-refractivity contribution in [3.63, 3.8) is 0 Å². The fraction of sp³-hybridized carbons (Fsp3) is 0.529. The van der Waals surface area contributed by atoms with Crippen molar-refractivity contribution in [2.75, 3.05) is 31.6 Å². The summed E-state index contributed by atoms with van der Waals surface area (Å²) in [6, 6.07) is 5.08. The Morgan fingerprint density at radius 1 is 1.39 bits per heavy atom. The zero-order valence-electron chi connectivity index (χ0n) is 13.8. The molecule has 1 atom stereocenters. The molecule has 1 aliphatic rings. The number of aliphatic hydroxyl groups excluding tert-OH is 1. The Hall–Kier alpha value is -2.08. The molecule has 0 aromatic heterocycles. The van der Waals surface area contributed by atoms with Crippen LogP contribution in [0, 0.1) is 12.8 Å². The van der Waals surface area contributed by atoms with Gasteiger partial charge in [0.05, 0.1) is 0 Å². The van der Waals surface area contributed by atoms with Crippen LogP contribution in [0.2, 0.25) is 0 Å². The number of piperidine rings is 1. The van der Waals surface area contributed by atoms with Gasteiger partial charge in [0.25, 0.3) is 5.91 Å². The molecule has 1 aromatic carbocycles. The molecule has 2 rings (SSSR count). The van der Waals surface area contributed by atoms with Gasteiger partial charge in [-0.3, -0.25) is 4.79 Å². The maximum Gasteiger partial charge on any atom is 0.321 e. The maximum absolute atomic E-state index is 12.4. The van der Waals surface area contributed by atoms with Crippen molar-refractivity contribution in [2.45, 2.75) is 26.7 Å². The van der Waals surface area contributed by atoms with Crippen molar-refractivity contribution >= 4 is 17.6 Å². The molecule has 3 N–H and O–H groups in total. The van der Waals surface area contributed by atoms with E-state index in [4.69, 9.17) is 0 Å². The zero-order chi connectivity index (χ0) is 16.8. The monoisotopic (exact) mass is 319 g/mol. The minimum atomic E-state index is -0.156. The lowest BCUT2D eigenvalue weighted by Crippen LogP contribution is -2.43. The molecule has 6 heteroatoms. The van der Waals surface area contributed by atoms with Crippen LogP contribution in [0.1, 0.15) is 35.7 Å². The molecule has 1 fully saturated rings. The SMILES string of the molecule is CCNC(=O)c1ccc(NC(=O)N2CCCC(CO)C2)c(C)c1. The van der Waals surface area contributed by atoms with E-state index < -0.39 is 0 Å². The van der Waals surface area contributed by atoms with Gasteiger partial charge in [-0.1, -0.05) is 0 Å². The van der Waals surface area contributed by atoms with E-state index in [1.807, 2.05) is 13.8 Å². The molecular weight excluding hydrogens is 294 g/mol. The van der Waals surface area contributed by atoms with Gasteiger partial charge in [0.1, 0.15) is 0 Å². The van der Waals surface area contributed by atoms with E-state index in [1.54, 1.807) is 23.1 Å². The van der Waals surface area contributed by atoms with Crippen molar-refractivity contribution in [2.24, 2.45) is 5.92 Å². The molecule has 126 valence electrons. The van der Waals surface area contributed by atoms with Crippen molar-refractivity contribution in [3.05, 3.63) is 29.3 Å². The largest absolute Gasteiger partial charge is 0.396 e. The summed E-state index contributed by atoms with van der Waals surface area (Å²) in [6.07, 6.45) is 1.87. The molecular formula is C17H25N3O3. The summed E-state index contributed by atoms with van der Waals surface area (Å²) in [5.74, 6) is 0.0472. The number of anilines is 1. The van der Waals surface area contributed by atoms with E-state index in [1.165, 1.54) is 0 Å². The Kier molecular flexibility index (Phi) is 5.98. The molecule has 0 saturated carbocycles. The molecule has 1 aliphatic heterocycles. The van der Waals surface area contributed by atoms with Gasteiger partial charge in [-0.05, 0) is 56.4 Å². The number of aryl methyl sites for hydroxylation is 1. The quantitative estimate of drug-likeness (QED) is 0.794. The summed E-state index contributed by atoms with van der Waals surface area (Å²) >= 11 is 0. The smallest absolute Gasteiger partial charge is 0.321 e. The highest BCUT2D eigenvalue weighted by Gasteiger charge is 2.23. The fourth-order valence-electron chi connectivity index (χ4n) is 2.80. The second-order valence-corrected chi connectivity index (χ2v) is 5.96. The minimum absolute atomic E-state index is 0.115. The first-order chi connectivity index (χ1) is 11.0. The number of benzene rings is 1. The normalized spacial score (nSPS) is 17.7. The molecule has 0 radical (unpaired) electrons. The lowest BCUT2D eigenvalue weighted by molar-refractivity contribution is 0.0955. The van der Waals surface area contributed by atoms with Gasteiger partial charge in [-0.15, -0.1) is 0 Å². The molecule has 23 heavy (non-hydrogen) atoms. The molecule has 1 saturated heterocycles. The van der Waals surface area contributed by atoms with Crippen LogP contribution >= 0.6 is 0 Å². The van der Waals surface area contributed by atoms with E-state index in [0.717, 1.165) is 18.4 Å². The van der Waals surface area contributed by atoms with E-state index in [-0.39, 0.29) is 24.5 Å². The molecule has 0 aliphatic carbocycles. The van der Waals surface area contributed by atoms with E-state index in [0.29, 0.717) is 30.9 Å². The second kappa shape index (κ2) is 7.97. The number of carbonyl (C=O) groups is 2. The Morgan fingerprint density at radius 2 is 2.17 bits per heavy atom. The zero-order valence-corrected chi connectivity index (χ0v) is 13.8. The van der Waals surface area contributed by atoms with Crippen LogP contribution in [0.5, 0.6) is 0 Å². The lowest BCUT2D eigenvalue weighted by Gasteiger charge is -2.32. The number of urea groups is 1.